The number of aryl methyl sites for hydroxylation is 2. The number of rotatable bonds is 4. The maximum atomic E-state index is 14.7. The van der Waals surface area contributed by atoms with Crippen LogP contribution in [0.4, 0.5) is 15.9 Å². The Bertz CT molecular complexity index is 1140. The molecule has 2 aliphatic heterocycles. The monoisotopic (exact) mass is 436 g/mol. The van der Waals surface area contributed by atoms with E-state index in [4.69, 9.17) is 9.72 Å². The van der Waals surface area contributed by atoms with E-state index >= 15 is 0 Å². The maximum absolute atomic E-state index is 14.7. The van der Waals surface area contributed by atoms with Crippen LogP contribution in [0.15, 0.2) is 30.5 Å². The molecule has 8 heteroatoms. The molecule has 0 radical (unpaired) electrons. The Labute approximate surface area is 187 Å². The number of nitrogens with one attached hydrogen (secondary N) is 1. The van der Waals surface area contributed by atoms with Gasteiger partial charge in [-0.25, -0.2) is 4.39 Å². The zero-order valence-electron chi connectivity index (χ0n) is 18.8. The molecule has 2 saturated heterocycles. The number of nitrogens with zero attached hydrogens (tertiary/aromatic N) is 5. The lowest BCUT2D eigenvalue weighted by atomic mass is 10.0. The molecule has 1 N–H and O–H groups in total. The van der Waals surface area contributed by atoms with E-state index in [0.29, 0.717) is 23.0 Å². The first kappa shape index (κ1) is 21.0. The summed E-state index contributed by atoms with van der Waals surface area (Å²) in [6.45, 7) is 11.1. The van der Waals surface area contributed by atoms with Gasteiger partial charge in [0, 0.05) is 37.1 Å². The van der Waals surface area contributed by atoms with Crippen LogP contribution in [-0.4, -0.2) is 65.5 Å². The number of hydrogen-bond donors (Lipinski definition) is 1. The first-order chi connectivity index (χ1) is 15.5. The van der Waals surface area contributed by atoms with Gasteiger partial charge in [0.05, 0.1) is 48.4 Å². The van der Waals surface area contributed by atoms with Gasteiger partial charge in [0.1, 0.15) is 5.82 Å². The summed E-state index contributed by atoms with van der Waals surface area (Å²) >= 11 is 0. The molecule has 0 amide bonds. The summed E-state index contributed by atoms with van der Waals surface area (Å²) in [6.07, 6.45) is 1.92. The molecular weight excluding hydrogens is 407 g/mol. The van der Waals surface area contributed by atoms with Crippen LogP contribution in [0.25, 0.3) is 10.9 Å². The minimum atomic E-state index is -0.262. The van der Waals surface area contributed by atoms with Crippen LogP contribution >= 0.6 is 0 Å². The predicted molar refractivity (Wildman–Crippen MR) is 124 cm³/mol. The number of hydrogen-bond acceptors (Lipinski definition) is 7. The lowest BCUT2D eigenvalue weighted by Crippen LogP contribution is -2.58. The summed E-state index contributed by atoms with van der Waals surface area (Å²) < 4.78 is 20.4. The average Bonchev–Trinajstić information content (AvgIpc) is 2.82. The predicted octanol–water partition coefficient (Wildman–Crippen LogP) is 3.47. The molecule has 168 valence electrons. The van der Waals surface area contributed by atoms with Gasteiger partial charge in [0.2, 0.25) is 0 Å². The van der Waals surface area contributed by atoms with Crippen LogP contribution in [0.1, 0.15) is 29.8 Å². The minimum absolute atomic E-state index is 0.191. The lowest BCUT2D eigenvalue weighted by Gasteiger charge is -2.44. The first-order valence-corrected chi connectivity index (χ1v) is 11.2. The standard InChI is InChI=1S/C24H29FN6O/c1-15-5-4-6-20(22(15)25)16(2)27-24-21-11-18(12-26-23(21)17(3)28-29-24)31-8-7-30-9-10-32-14-19(30)13-31/h4-6,11-12,16,19H,7-10,13-14H2,1-3H3,(H,27,29)/t16-,19+/m1/s1. The number of benzene rings is 1. The van der Waals surface area contributed by atoms with Crippen molar-refractivity contribution >= 4 is 22.4 Å². The van der Waals surface area contributed by atoms with Gasteiger partial charge in [-0.15, -0.1) is 5.10 Å². The SMILES string of the molecule is Cc1cccc([C@@H](C)Nc2nnc(C)c3ncc(N4CCN5CCOC[C@@H]5C4)cc23)c1F. The highest BCUT2D eigenvalue weighted by Crippen LogP contribution is 2.30. The van der Waals surface area contributed by atoms with Crippen molar-refractivity contribution in [1.29, 1.82) is 0 Å². The highest BCUT2D eigenvalue weighted by atomic mass is 19.1. The third kappa shape index (κ3) is 3.89. The molecule has 4 heterocycles. The van der Waals surface area contributed by atoms with Gasteiger partial charge in [0.15, 0.2) is 5.82 Å². The zero-order chi connectivity index (χ0) is 22.2. The molecule has 0 spiro atoms. The van der Waals surface area contributed by atoms with Crippen LogP contribution in [-0.2, 0) is 4.74 Å². The lowest BCUT2D eigenvalue weighted by molar-refractivity contribution is -0.0116. The Balaban J connectivity index is 1.46. The van der Waals surface area contributed by atoms with Crippen LogP contribution in [0, 0.1) is 19.7 Å². The largest absolute Gasteiger partial charge is 0.378 e. The van der Waals surface area contributed by atoms with Gasteiger partial charge in [-0.1, -0.05) is 18.2 Å². The summed E-state index contributed by atoms with van der Waals surface area (Å²) in [4.78, 5) is 9.60. The van der Waals surface area contributed by atoms with Crippen molar-refractivity contribution in [3.8, 4) is 0 Å². The summed E-state index contributed by atoms with van der Waals surface area (Å²) in [6, 6.07) is 7.73. The molecule has 0 unspecified atom stereocenters. The van der Waals surface area contributed by atoms with Crippen molar-refractivity contribution in [2.75, 3.05) is 49.6 Å². The Hall–Kier alpha value is -2.84. The summed E-state index contributed by atoms with van der Waals surface area (Å²) in [5.41, 5.74) is 3.89. The summed E-state index contributed by atoms with van der Waals surface area (Å²) in [5.74, 6) is 0.427. The van der Waals surface area contributed by atoms with Crippen molar-refractivity contribution in [1.82, 2.24) is 20.1 Å². The van der Waals surface area contributed by atoms with E-state index in [2.05, 4.69) is 31.4 Å². The molecule has 1 aromatic carbocycles. The number of morpholine rings is 1. The number of halogens is 1. The molecule has 0 saturated carbocycles. The van der Waals surface area contributed by atoms with Crippen molar-refractivity contribution in [2.24, 2.45) is 0 Å². The molecule has 2 aromatic heterocycles. The third-order valence-electron chi connectivity index (χ3n) is 6.62. The number of piperazine rings is 1. The Morgan fingerprint density at radius 2 is 2.06 bits per heavy atom. The number of pyridine rings is 1. The van der Waals surface area contributed by atoms with E-state index in [9.17, 15) is 4.39 Å². The van der Waals surface area contributed by atoms with Crippen LogP contribution in [0.2, 0.25) is 0 Å². The highest BCUT2D eigenvalue weighted by molar-refractivity contribution is 5.92. The second kappa shape index (κ2) is 8.60. The Kier molecular flexibility index (Phi) is 5.65. The molecule has 32 heavy (non-hydrogen) atoms. The van der Waals surface area contributed by atoms with Crippen molar-refractivity contribution < 1.29 is 9.13 Å². The maximum Gasteiger partial charge on any atom is 0.158 e. The van der Waals surface area contributed by atoms with Crippen molar-refractivity contribution in [3.05, 3.63) is 53.1 Å². The average molecular weight is 437 g/mol. The normalized spacial score (nSPS) is 20.2. The van der Waals surface area contributed by atoms with Gasteiger partial charge in [-0.05, 0) is 32.4 Å². The fraction of sp³-hybridized carbons (Fsp3) is 0.458. The molecule has 2 aliphatic rings. The van der Waals surface area contributed by atoms with E-state index in [1.807, 2.05) is 26.1 Å². The molecular formula is C24H29FN6O. The number of ether oxygens (including phenoxy) is 1. The molecule has 2 fully saturated rings. The van der Waals surface area contributed by atoms with Crippen LogP contribution in [0.3, 0.4) is 0 Å². The molecule has 0 aliphatic carbocycles. The Morgan fingerprint density at radius 3 is 2.94 bits per heavy atom. The summed E-state index contributed by atoms with van der Waals surface area (Å²) in [7, 11) is 0. The molecule has 3 aromatic rings. The van der Waals surface area contributed by atoms with E-state index in [0.717, 1.165) is 61.7 Å². The minimum Gasteiger partial charge on any atom is -0.378 e. The van der Waals surface area contributed by atoms with E-state index in [1.165, 1.54) is 0 Å². The molecule has 2 atom stereocenters. The topological polar surface area (TPSA) is 66.4 Å². The second-order valence-corrected chi connectivity index (χ2v) is 8.78. The third-order valence-corrected chi connectivity index (χ3v) is 6.62. The first-order valence-electron chi connectivity index (χ1n) is 11.2. The zero-order valence-corrected chi connectivity index (χ0v) is 18.8. The molecule has 7 nitrogen and oxygen atoms in total. The Morgan fingerprint density at radius 1 is 1.19 bits per heavy atom. The van der Waals surface area contributed by atoms with Crippen LogP contribution < -0.4 is 10.2 Å². The smallest absolute Gasteiger partial charge is 0.158 e. The van der Waals surface area contributed by atoms with E-state index in [-0.39, 0.29) is 11.9 Å². The summed E-state index contributed by atoms with van der Waals surface area (Å²) in [5, 5.41) is 13.0. The van der Waals surface area contributed by atoms with Crippen LogP contribution in [0.5, 0.6) is 0 Å². The van der Waals surface area contributed by atoms with Gasteiger partial charge in [-0.3, -0.25) is 9.88 Å². The molecule has 0 bridgehead atoms. The second-order valence-electron chi connectivity index (χ2n) is 8.78. The van der Waals surface area contributed by atoms with Gasteiger partial charge < -0.3 is 15.0 Å². The number of anilines is 2. The van der Waals surface area contributed by atoms with E-state index in [1.54, 1.807) is 19.1 Å². The van der Waals surface area contributed by atoms with Gasteiger partial charge >= 0.3 is 0 Å². The molecule has 5 rings (SSSR count). The van der Waals surface area contributed by atoms with Crippen molar-refractivity contribution in [2.45, 2.75) is 32.9 Å². The van der Waals surface area contributed by atoms with Gasteiger partial charge in [0.25, 0.3) is 0 Å². The number of fused-ring (bicyclic) bond motifs is 2. The fourth-order valence-electron chi connectivity index (χ4n) is 4.70. The number of aromatic nitrogens is 3. The highest BCUT2D eigenvalue weighted by Gasteiger charge is 2.30. The van der Waals surface area contributed by atoms with E-state index < -0.39 is 0 Å². The fourth-order valence-corrected chi connectivity index (χ4v) is 4.70. The van der Waals surface area contributed by atoms with Gasteiger partial charge in [-0.2, -0.15) is 5.10 Å². The quantitative estimate of drug-likeness (QED) is 0.672. The van der Waals surface area contributed by atoms with Crippen molar-refractivity contribution in [3.63, 3.8) is 0 Å².